The SMILES string of the molecule is Cc1cc(C(=O)NC2CCCC2CBr)ccc1[N+](=O)[O-]. The zero-order valence-electron chi connectivity index (χ0n) is 11.3. The van der Waals surface area contributed by atoms with Gasteiger partial charge in [-0.25, -0.2) is 0 Å². The first kappa shape index (κ1) is 15.0. The van der Waals surface area contributed by atoms with E-state index in [1.165, 1.54) is 12.1 Å². The molecule has 1 aliphatic carbocycles. The van der Waals surface area contributed by atoms with Gasteiger partial charge in [0, 0.05) is 28.6 Å². The van der Waals surface area contributed by atoms with Crippen LogP contribution in [0.1, 0.15) is 35.2 Å². The molecule has 0 aliphatic heterocycles. The highest BCUT2D eigenvalue weighted by Gasteiger charge is 2.28. The molecule has 1 amide bonds. The molecule has 1 N–H and O–H groups in total. The van der Waals surface area contributed by atoms with Crippen LogP contribution in [-0.2, 0) is 0 Å². The number of benzene rings is 1. The number of amides is 1. The molecule has 5 nitrogen and oxygen atoms in total. The number of nitro groups is 1. The number of nitro benzene ring substituents is 1. The summed E-state index contributed by atoms with van der Waals surface area (Å²) < 4.78 is 0. The van der Waals surface area contributed by atoms with Crippen LogP contribution in [0.15, 0.2) is 18.2 Å². The third kappa shape index (κ3) is 3.17. The van der Waals surface area contributed by atoms with Crippen molar-refractivity contribution in [3.63, 3.8) is 0 Å². The van der Waals surface area contributed by atoms with E-state index in [0.29, 0.717) is 17.0 Å². The Morgan fingerprint density at radius 3 is 2.85 bits per heavy atom. The molecule has 1 saturated carbocycles. The molecule has 1 fully saturated rings. The fraction of sp³-hybridized carbons (Fsp3) is 0.500. The Bertz CT molecular complexity index is 533. The summed E-state index contributed by atoms with van der Waals surface area (Å²) in [6.45, 7) is 1.64. The summed E-state index contributed by atoms with van der Waals surface area (Å²) in [4.78, 5) is 22.5. The Morgan fingerprint density at radius 2 is 2.25 bits per heavy atom. The van der Waals surface area contributed by atoms with Crippen molar-refractivity contribution in [3.05, 3.63) is 39.4 Å². The first-order valence-corrected chi connectivity index (χ1v) is 7.77. The second-order valence-electron chi connectivity index (χ2n) is 5.18. The van der Waals surface area contributed by atoms with Crippen molar-refractivity contribution in [3.8, 4) is 0 Å². The molecule has 0 spiro atoms. The van der Waals surface area contributed by atoms with Crippen molar-refractivity contribution in [2.24, 2.45) is 5.92 Å². The third-order valence-electron chi connectivity index (χ3n) is 3.83. The van der Waals surface area contributed by atoms with Gasteiger partial charge in [0.25, 0.3) is 11.6 Å². The van der Waals surface area contributed by atoms with E-state index in [1.54, 1.807) is 13.0 Å². The van der Waals surface area contributed by atoms with Gasteiger partial charge in [-0.05, 0) is 37.8 Å². The van der Waals surface area contributed by atoms with Crippen LogP contribution in [0.2, 0.25) is 0 Å². The quantitative estimate of drug-likeness (QED) is 0.519. The Labute approximate surface area is 126 Å². The van der Waals surface area contributed by atoms with E-state index >= 15 is 0 Å². The summed E-state index contributed by atoms with van der Waals surface area (Å²) in [7, 11) is 0. The van der Waals surface area contributed by atoms with Crippen LogP contribution < -0.4 is 5.32 Å². The first-order chi connectivity index (χ1) is 9.52. The summed E-state index contributed by atoms with van der Waals surface area (Å²) in [5.41, 5.74) is 1.03. The van der Waals surface area contributed by atoms with Gasteiger partial charge in [-0.2, -0.15) is 0 Å². The molecule has 0 saturated heterocycles. The number of halogens is 1. The monoisotopic (exact) mass is 340 g/mol. The summed E-state index contributed by atoms with van der Waals surface area (Å²) in [5.74, 6) is 0.318. The molecule has 0 radical (unpaired) electrons. The average molecular weight is 341 g/mol. The van der Waals surface area contributed by atoms with Crippen molar-refractivity contribution in [2.75, 3.05) is 5.33 Å². The highest BCUT2D eigenvalue weighted by molar-refractivity contribution is 9.09. The predicted molar refractivity (Wildman–Crippen MR) is 80.2 cm³/mol. The maximum atomic E-state index is 12.2. The highest BCUT2D eigenvalue weighted by atomic mass is 79.9. The third-order valence-corrected chi connectivity index (χ3v) is 4.66. The molecule has 20 heavy (non-hydrogen) atoms. The standard InChI is InChI=1S/C14H17BrN2O3/c1-9-7-10(5-6-13(9)17(19)20)14(18)16-12-4-2-3-11(12)8-15/h5-7,11-12H,2-4,8H2,1H3,(H,16,18). The number of hydrogen-bond donors (Lipinski definition) is 1. The topological polar surface area (TPSA) is 72.2 Å². The second-order valence-corrected chi connectivity index (χ2v) is 5.83. The van der Waals surface area contributed by atoms with Gasteiger partial charge in [0.15, 0.2) is 0 Å². The zero-order chi connectivity index (χ0) is 14.7. The number of carbonyl (C=O) groups excluding carboxylic acids is 1. The molecule has 1 aromatic rings. The van der Waals surface area contributed by atoms with Gasteiger partial charge in [-0.3, -0.25) is 14.9 Å². The van der Waals surface area contributed by atoms with Gasteiger partial charge in [0.05, 0.1) is 4.92 Å². The van der Waals surface area contributed by atoms with Gasteiger partial charge < -0.3 is 5.32 Å². The van der Waals surface area contributed by atoms with Crippen LogP contribution in [0.25, 0.3) is 0 Å². The Balaban J connectivity index is 2.10. The van der Waals surface area contributed by atoms with Crippen LogP contribution in [0.3, 0.4) is 0 Å². The second kappa shape index (κ2) is 6.35. The minimum absolute atomic E-state index is 0.0424. The number of alkyl halides is 1. The van der Waals surface area contributed by atoms with E-state index in [-0.39, 0.29) is 17.6 Å². The lowest BCUT2D eigenvalue weighted by Gasteiger charge is -2.19. The molecule has 0 heterocycles. The van der Waals surface area contributed by atoms with Crippen LogP contribution in [-0.4, -0.2) is 22.2 Å². The van der Waals surface area contributed by atoms with Gasteiger partial charge in [0.1, 0.15) is 0 Å². The number of hydrogen-bond acceptors (Lipinski definition) is 3. The van der Waals surface area contributed by atoms with E-state index in [2.05, 4.69) is 21.2 Å². The zero-order valence-corrected chi connectivity index (χ0v) is 12.9. The number of rotatable bonds is 4. The van der Waals surface area contributed by atoms with E-state index in [9.17, 15) is 14.9 Å². The van der Waals surface area contributed by atoms with Crippen LogP contribution in [0.4, 0.5) is 5.69 Å². The van der Waals surface area contributed by atoms with Crippen molar-refractivity contribution < 1.29 is 9.72 Å². The number of nitrogens with zero attached hydrogens (tertiary/aromatic N) is 1. The van der Waals surface area contributed by atoms with E-state index in [0.717, 1.165) is 24.6 Å². The molecule has 2 rings (SSSR count). The summed E-state index contributed by atoms with van der Waals surface area (Å²) in [6.07, 6.45) is 3.24. The lowest BCUT2D eigenvalue weighted by atomic mass is 10.0. The normalized spacial score (nSPS) is 21.7. The smallest absolute Gasteiger partial charge is 0.272 e. The van der Waals surface area contributed by atoms with E-state index in [1.807, 2.05) is 0 Å². The van der Waals surface area contributed by atoms with Crippen LogP contribution >= 0.6 is 15.9 Å². The van der Waals surface area contributed by atoms with Gasteiger partial charge in [-0.1, -0.05) is 22.4 Å². The molecular weight excluding hydrogens is 324 g/mol. The van der Waals surface area contributed by atoms with Crippen molar-refractivity contribution in [2.45, 2.75) is 32.2 Å². The van der Waals surface area contributed by atoms with Gasteiger partial charge in [-0.15, -0.1) is 0 Å². The van der Waals surface area contributed by atoms with Crippen LogP contribution in [0, 0.1) is 23.0 Å². The number of nitrogens with one attached hydrogen (secondary N) is 1. The molecule has 0 bridgehead atoms. The Kier molecular flexibility index (Phi) is 4.75. The Morgan fingerprint density at radius 1 is 1.50 bits per heavy atom. The fourth-order valence-electron chi connectivity index (χ4n) is 2.66. The summed E-state index contributed by atoms with van der Waals surface area (Å²) >= 11 is 3.47. The van der Waals surface area contributed by atoms with Gasteiger partial charge >= 0.3 is 0 Å². The first-order valence-electron chi connectivity index (χ1n) is 6.64. The molecule has 1 aromatic carbocycles. The summed E-state index contributed by atoms with van der Waals surface area (Å²) in [5, 5.41) is 14.7. The summed E-state index contributed by atoms with van der Waals surface area (Å²) in [6, 6.07) is 4.67. The fourth-order valence-corrected chi connectivity index (χ4v) is 3.44. The average Bonchev–Trinajstić information content (AvgIpc) is 2.85. The van der Waals surface area contributed by atoms with E-state index < -0.39 is 4.92 Å². The maximum Gasteiger partial charge on any atom is 0.272 e. The van der Waals surface area contributed by atoms with Crippen molar-refractivity contribution >= 4 is 27.5 Å². The van der Waals surface area contributed by atoms with E-state index in [4.69, 9.17) is 0 Å². The van der Waals surface area contributed by atoms with Crippen molar-refractivity contribution in [1.82, 2.24) is 5.32 Å². The van der Waals surface area contributed by atoms with Crippen LogP contribution in [0.5, 0.6) is 0 Å². The lowest BCUT2D eigenvalue weighted by molar-refractivity contribution is -0.385. The maximum absolute atomic E-state index is 12.2. The molecule has 2 unspecified atom stereocenters. The predicted octanol–water partition coefficient (Wildman–Crippen LogP) is 3.20. The number of aryl methyl sites for hydroxylation is 1. The molecule has 1 aliphatic rings. The molecule has 6 heteroatoms. The number of carbonyl (C=O) groups is 1. The highest BCUT2D eigenvalue weighted by Crippen LogP contribution is 2.27. The largest absolute Gasteiger partial charge is 0.349 e. The Hall–Kier alpha value is -1.43. The molecule has 108 valence electrons. The lowest BCUT2D eigenvalue weighted by Crippen LogP contribution is -2.37. The minimum Gasteiger partial charge on any atom is -0.349 e. The molecular formula is C14H17BrN2O3. The minimum atomic E-state index is -0.436. The molecule has 0 aromatic heterocycles. The van der Waals surface area contributed by atoms with Gasteiger partial charge in [0.2, 0.25) is 0 Å². The van der Waals surface area contributed by atoms with Crippen molar-refractivity contribution in [1.29, 1.82) is 0 Å². The molecule has 2 atom stereocenters.